The van der Waals surface area contributed by atoms with Crippen LogP contribution in [-0.4, -0.2) is 106 Å². The molecule has 4 amide bonds. The Morgan fingerprint density at radius 3 is 2.35 bits per heavy atom. The molecule has 4 heterocycles. The second-order valence-electron chi connectivity index (χ2n) is 18.8. The molecule has 2 aliphatic heterocycles. The van der Waals surface area contributed by atoms with E-state index in [1.807, 2.05) is 13.0 Å². The van der Waals surface area contributed by atoms with Gasteiger partial charge in [0, 0.05) is 36.1 Å². The number of allylic oxidation sites excluding steroid dienone is 1. The van der Waals surface area contributed by atoms with Crippen LogP contribution in [0.25, 0.3) is 16.7 Å². The lowest BCUT2D eigenvalue weighted by Gasteiger charge is -2.35. The maximum atomic E-state index is 15.2. The van der Waals surface area contributed by atoms with Gasteiger partial charge in [0.25, 0.3) is 5.91 Å². The van der Waals surface area contributed by atoms with Crippen LogP contribution in [0.3, 0.4) is 0 Å². The molecule has 68 heavy (non-hydrogen) atoms. The highest BCUT2D eigenvalue weighted by atomic mass is 32.2. The lowest BCUT2D eigenvalue weighted by Crippen LogP contribution is -2.60. The number of benzene rings is 1. The van der Waals surface area contributed by atoms with Crippen LogP contribution in [0.2, 0.25) is 0 Å². The number of carbonyl (C=O) groups is 4. The molecule has 7 atom stereocenters. The minimum atomic E-state index is -4.98. The number of hydrogen-bond acceptors (Lipinski definition) is 11. The summed E-state index contributed by atoms with van der Waals surface area (Å²) in [6.45, 7) is 6.12. The highest BCUT2D eigenvalue weighted by molar-refractivity contribution is 7.91. The number of fused-ring (bicyclic) bond motifs is 3. The molecular formula is C45H55F6N7O9S. The largest absolute Gasteiger partial charge is 0.497 e. The van der Waals surface area contributed by atoms with Crippen LogP contribution in [0.15, 0.2) is 48.7 Å². The molecule has 372 valence electrons. The number of ether oxygens (including phenoxy) is 3. The van der Waals surface area contributed by atoms with Gasteiger partial charge >= 0.3 is 18.4 Å². The number of methoxy groups -OCH3 is 1. The topological polar surface area (TPSA) is 200 Å². The Morgan fingerprint density at radius 1 is 1.01 bits per heavy atom. The average molecular weight is 984 g/mol. The number of aromatic nitrogens is 3. The molecule has 0 bridgehead atoms. The lowest BCUT2D eigenvalue weighted by molar-refractivity contribution is -0.244. The maximum absolute atomic E-state index is 15.2. The number of alkyl halides is 6. The van der Waals surface area contributed by atoms with Crippen molar-refractivity contribution in [2.75, 3.05) is 13.7 Å². The number of amides is 4. The zero-order chi connectivity index (χ0) is 49.8. The van der Waals surface area contributed by atoms with Crippen molar-refractivity contribution in [3.8, 4) is 17.3 Å². The van der Waals surface area contributed by atoms with E-state index < -0.39 is 97.8 Å². The summed E-state index contributed by atoms with van der Waals surface area (Å²) in [7, 11) is -2.77. The predicted octanol–water partition coefficient (Wildman–Crippen LogP) is 6.90. The summed E-state index contributed by atoms with van der Waals surface area (Å²) < 4.78 is 128. The quantitative estimate of drug-likeness (QED) is 0.133. The minimum Gasteiger partial charge on any atom is -0.497 e. The Labute approximate surface area is 388 Å². The van der Waals surface area contributed by atoms with Crippen LogP contribution in [0.5, 0.6) is 11.5 Å². The molecule has 2 aliphatic carbocycles. The smallest absolute Gasteiger partial charge is 0.435 e. The SMILES string of the molecule is CC[C@@H]1CC/C=C\[C@H]2C[C@@]2(C(=O)NS(=O)(=O)C2(C)CC2)NC(=O)[C@@H]2C[C@@H](Oc3cc(-n4ccc(C(F)(F)F)n4)nc4cc(OC)ccc34)CN2C(=O)[C@@H](NC(=O)OC(C)(C)C(F)(F)F)[C@H](CC)C1. The third-order valence-corrected chi connectivity index (χ3v) is 15.9. The molecule has 1 aromatic carbocycles. The van der Waals surface area contributed by atoms with E-state index in [4.69, 9.17) is 14.2 Å². The van der Waals surface area contributed by atoms with Gasteiger partial charge in [-0.1, -0.05) is 38.8 Å². The van der Waals surface area contributed by atoms with Crippen LogP contribution < -0.4 is 24.8 Å². The summed E-state index contributed by atoms with van der Waals surface area (Å²) in [6, 6.07) is 3.73. The summed E-state index contributed by atoms with van der Waals surface area (Å²) in [5, 5.41) is 9.16. The second-order valence-corrected chi connectivity index (χ2v) is 21.0. The van der Waals surface area contributed by atoms with Crippen molar-refractivity contribution in [2.24, 2.45) is 17.8 Å². The molecule has 3 aromatic rings. The number of carbonyl (C=O) groups excluding carboxylic acids is 4. The monoisotopic (exact) mass is 983 g/mol. The van der Waals surface area contributed by atoms with E-state index in [-0.39, 0.29) is 48.8 Å². The second kappa shape index (κ2) is 18.4. The third kappa shape index (κ3) is 10.2. The van der Waals surface area contributed by atoms with Crippen molar-refractivity contribution in [3.63, 3.8) is 0 Å². The van der Waals surface area contributed by atoms with Crippen LogP contribution in [0, 0.1) is 17.8 Å². The molecule has 0 unspecified atom stereocenters. The molecule has 3 N–H and O–H groups in total. The number of halogens is 6. The predicted molar refractivity (Wildman–Crippen MR) is 233 cm³/mol. The van der Waals surface area contributed by atoms with Gasteiger partial charge < -0.3 is 29.7 Å². The molecular weight excluding hydrogens is 929 g/mol. The standard InChI is InChI=1S/C45H55F6N7O9S/c1-7-25-11-9-10-12-27-23-43(27,39(61)56-68(63,64)42(5)16-17-42)54-37(59)32-21-29(24-57(32)38(60)36(26(8-2)19-25)53-40(62)67-41(3,4)45(49,50)51)66-33-22-35(58-18-15-34(55-58)44(46,47)48)52-31-20-28(65-6)13-14-30(31)33/h10,12-15,18,20,22,25-27,29,32,36H,7-9,11,16-17,19,21,23-24H2,1-6H3,(H,53,62)(H,54,59)(H,56,61)/b12-10-/t25-,26-,27+,29-,32+,36+,43-/m1/s1. The number of hydrogen-bond donors (Lipinski definition) is 3. The summed E-state index contributed by atoms with van der Waals surface area (Å²) in [5.41, 5.74) is -5.70. The molecule has 7 rings (SSSR count). The summed E-state index contributed by atoms with van der Waals surface area (Å²) in [5.74, 6) is -3.83. The van der Waals surface area contributed by atoms with Crippen molar-refractivity contribution >= 4 is 44.7 Å². The van der Waals surface area contributed by atoms with Gasteiger partial charge in [0.15, 0.2) is 11.5 Å². The molecule has 1 saturated heterocycles. The van der Waals surface area contributed by atoms with Gasteiger partial charge in [-0.05, 0) is 89.3 Å². The van der Waals surface area contributed by atoms with Gasteiger partial charge in [-0.2, -0.15) is 31.4 Å². The summed E-state index contributed by atoms with van der Waals surface area (Å²) in [6.07, 6.45) is -5.07. The summed E-state index contributed by atoms with van der Waals surface area (Å²) >= 11 is 0. The molecule has 3 fully saturated rings. The highest BCUT2D eigenvalue weighted by Gasteiger charge is 2.63. The Balaban J connectivity index is 1.29. The van der Waals surface area contributed by atoms with Crippen LogP contribution in [0.4, 0.5) is 31.1 Å². The number of alkyl carbamates (subject to hydrolysis) is 1. The average Bonchev–Trinajstić information content (AvgIpc) is 4.03. The first-order valence-electron chi connectivity index (χ1n) is 22.5. The molecule has 4 aliphatic rings. The highest BCUT2D eigenvalue weighted by Crippen LogP contribution is 2.48. The summed E-state index contributed by atoms with van der Waals surface area (Å²) in [4.78, 5) is 63.1. The molecule has 2 saturated carbocycles. The first-order chi connectivity index (χ1) is 31.7. The van der Waals surface area contributed by atoms with Crippen LogP contribution in [-0.2, 0) is 35.3 Å². The van der Waals surface area contributed by atoms with Gasteiger partial charge in [0.05, 0.1) is 23.9 Å². The first-order valence-corrected chi connectivity index (χ1v) is 23.9. The minimum absolute atomic E-state index is 0.0206. The van der Waals surface area contributed by atoms with Gasteiger partial charge in [0.2, 0.25) is 27.4 Å². The Bertz CT molecular complexity index is 2580. The molecule has 16 nitrogen and oxygen atoms in total. The van der Waals surface area contributed by atoms with E-state index in [0.29, 0.717) is 63.5 Å². The van der Waals surface area contributed by atoms with E-state index in [1.165, 1.54) is 26.2 Å². The van der Waals surface area contributed by atoms with Gasteiger partial charge in [-0.3, -0.25) is 19.1 Å². The molecule has 0 spiro atoms. The number of nitrogens with zero attached hydrogens (tertiary/aromatic N) is 4. The van der Waals surface area contributed by atoms with Crippen LogP contribution >= 0.6 is 0 Å². The maximum Gasteiger partial charge on any atom is 0.435 e. The normalized spacial score (nSPS) is 27.1. The lowest BCUT2D eigenvalue weighted by atomic mass is 9.83. The van der Waals surface area contributed by atoms with E-state index >= 15 is 4.79 Å². The van der Waals surface area contributed by atoms with E-state index in [2.05, 4.69) is 25.4 Å². The molecule has 2 aromatic heterocycles. The van der Waals surface area contributed by atoms with E-state index in [1.54, 1.807) is 25.1 Å². The first kappa shape index (κ1) is 50.3. The molecule has 0 radical (unpaired) electrons. The Kier molecular flexibility index (Phi) is 13.6. The van der Waals surface area contributed by atoms with Crippen LogP contribution in [0.1, 0.15) is 98.1 Å². The van der Waals surface area contributed by atoms with Crippen molar-refractivity contribution < 1.29 is 68.1 Å². The van der Waals surface area contributed by atoms with Gasteiger partial charge in [0.1, 0.15) is 35.2 Å². The van der Waals surface area contributed by atoms with Crippen molar-refractivity contribution in [2.45, 2.75) is 139 Å². The number of rotatable bonds is 11. The van der Waals surface area contributed by atoms with Gasteiger partial charge in [-0.25, -0.2) is 22.9 Å². The Hall–Kier alpha value is -5.61. The number of pyridine rings is 1. The number of sulfonamides is 1. The van der Waals surface area contributed by atoms with Crippen molar-refractivity contribution in [3.05, 3.63) is 54.4 Å². The fraction of sp³-hybridized carbons (Fsp3) is 0.600. The molecule has 23 heteroatoms. The van der Waals surface area contributed by atoms with Crippen molar-refractivity contribution in [1.82, 2.24) is 35.0 Å². The van der Waals surface area contributed by atoms with E-state index in [0.717, 1.165) is 21.8 Å². The zero-order valence-electron chi connectivity index (χ0n) is 38.3. The Morgan fingerprint density at radius 2 is 1.74 bits per heavy atom. The van der Waals surface area contributed by atoms with Gasteiger partial charge in [-0.15, -0.1) is 0 Å². The fourth-order valence-electron chi connectivity index (χ4n) is 8.78. The van der Waals surface area contributed by atoms with E-state index in [9.17, 15) is 49.1 Å². The third-order valence-electron chi connectivity index (χ3n) is 13.7. The number of nitrogens with one attached hydrogen (secondary N) is 3. The fourth-order valence-corrected chi connectivity index (χ4v) is 10.1. The van der Waals surface area contributed by atoms with Crippen molar-refractivity contribution in [1.29, 1.82) is 0 Å². The zero-order valence-corrected chi connectivity index (χ0v) is 39.1.